The summed E-state index contributed by atoms with van der Waals surface area (Å²) in [4.78, 5) is 5.79. The number of fused-ring (bicyclic) bond motifs is 2. The smallest absolute Gasteiger partial charge is 0.231 e. The number of rotatable bonds is 8. The Morgan fingerprint density at radius 1 is 1.08 bits per heavy atom. The summed E-state index contributed by atoms with van der Waals surface area (Å²) >= 11 is 0. The lowest BCUT2D eigenvalue weighted by Crippen LogP contribution is -2.38. The Balaban J connectivity index is 1.51. The molecule has 0 atom stereocenters. The molecule has 0 saturated carbocycles. The van der Waals surface area contributed by atoms with Gasteiger partial charge in [-0.3, -0.25) is 4.84 Å². The molecule has 2 aromatic rings. The van der Waals surface area contributed by atoms with Crippen molar-refractivity contribution in [2.45, 2.75) is 26.8 Å². The van der Waals surface area contributed by atoms with Crippen molar-refractivity contribution in [3.8, 4) is 17.2 Å². The van der Waals surface area contributed by atoms with E-state index in [2.05, 4.69) is 11.5 Å². The molecule has 1 aliphatic heterocycles. The fourth-order valence-corrected chi connectivity index (χ4v) is 2.95. The largest absolute Gasteiger partial charge is 0.491 e. The Morgan fingerprint density at radius 2 is 1.96 bits per heavy atom. The second-order valence-electron chi connectivity index (χ2n) is 5.90. The van der Waals surface area contributed by atoms with Crippen molar-refractivity contribution in [1.29, 1.82) is 0 Å². The highest BCUT2D eigenvalue weighted by atomic mass is 16.7. The first kappa shape index (κ1) is 16.1. The number of benzene rings is 2. The van der Waals surface area contributed by atoms with E-state index in [1.54, 1.807) is 5.17 Å². The summed E-state index contributed by atoms with van der Waals surface area (Å²) < 4.78 is 16.7. The molecular weight excluding hydrogens is 320 g/mol. The van der Waals surface area contributed by atoms with Gasteiger partial charge < -0.3 is 14.2 Å². The SMILES string of the molecule is CCOc1c(N(NCc2ccc3c(c2)OCO3)OCC)ccc2c1C2. The first-order valence-corrected chi connectivity index (χ1v) is 8.62. The molecule has 0 radical (unpaired) electrons. The summed E-state index contributed by atoms with van der Waals surface area (Å²) in [5.41, 5.74) is 7.93. The molecule has 0 bridgehead atoms. The van der Waals surface area contributed by atoms with Crippen LogP contribution in [0.4, 0.5) is 5.69 Å². The number of nitrogens with zero attached hydrogens (tertiary/aromatic N) is 1. The molecule has 1 aliphatic carbocycles. The van der Waals surface area contributed by atoms with Gasteiger partial charge in [0.25, 0.3) is 0 Å². The molecule has 25 heavy (non-hydrogen) atoms. The van der Waals surface area contributed by atoms with E-state index in [-0.39, 0.29) is 6.79 Å². The predicted octanol–water partition coefficient (Wildman–Crippen LogP) is 3.18. The minimum absolute atomic E-state index is 0.282. The Kier molecular flexibility index (Phi) is 4.38. The van der Waals surface area contributed by atoms with Crippen LogP contribution in [0.1, 0.15) is 30.5 Å². The summed E-state index contributed by atoms with van der Waals surface area (Å²) in [6.07, 6.45) is 0.997. The zero-order valence-electron chi connectivity index (χ0n) is 14.5. The Labute approximate surface area is 147 Å². The molecule has 0 aromatic heterocycles. The molecule has 2 aliphatic rings. The summed E-state index contributed by atoms with van der Waals surface area (Å²) in [7, 11) is 0. The highest BCUT2D eigenvalue weighted by Gasteiger charge is 2.27. The van der Waals surface area contributed by atoms with Gasteiger partial charge in [-0.2, -0.15) is 5.17 Å². The Hall–Kier alpha value is -2.44. The van der Waals surface area contributed by atoms with E-state index >= 15 is 0 Å². The van der Waals surface area contributed by atoms with Crippen LogP contribution in [-0.4, -0.2) is 20.0 Å². The van der Waals surface area contributed by atoms with Gasteiger partial charge in [0.1, 0.15) is 11.4 Å². The summed E-state index contributed by atoms with van der Waals surface area (Å²) in [6, 6.07) is 10.1. The van der Waals surface area contributed by atoms with Crippen LogP contribution in [-0.2, 0) is 17.8 Å². The van der Waals surface area contributed by atoms with Gasteiger partial charge in [0, 0.05) is 18.5 Å². The normalized spacial score (nSPS) is 13.5. The lowest BCUT2D eigenvalue weighted by atomic mass is 10.2. The second kappa shape index (κ2) is 6.82. The van der Waals surface area contributed by atoms with Crippen molar-refractivity contribution in [2.24, 2.45) is 0 Å². The third-order valence-electron chi connectivity index (χ3n) is 4.21. The molecule has 1 N–H and O–H groups in total. The van der Waals surface area contributed by atoms with E-state index in [9.17, 15) is 0 Å². The fourth-order valence-electron chi connectivity index (χ4n) is 2.95. The minimum atomic E-state index is 0.282. The molecule has 2 aromatic carbocycles. The molecule has 0 saturated heterocycles. The van der Waals surface area contributed by atoms with Crippen molar-refractivity contribution in [1.82, 2.24) is 5.43 Å². The van der Waals surface area contributed by atoms with Gasteiger partial charge in [-0.25, -0.2) is 5.43 Å². The monoisotopic (exact) mass is 342 g/mol. The number of ether oxygens (including phenoxy) is 3. The van der Waals surface area contributed by atoms with E-state index in [0.29, 0.717) is 19.8 Å². The predicted molar refractivity (Wildman–Crippen MR) is 93.9 cm³/mol. The lowest BCUT2D eigenvalue weighted by Gasteiger charge is -2.25. The number of hydrogen-bond acceptors (Lipinski definition) is 6. The Bertz CT molecular complexity index is 778. The summed E-state index contributed by atoms with van der Waals surface area (Å²) in [5.74, 6) is 2.48. The van der Waals surface area contributed by atoms with Gasteiger partial charge in [0.15, 0.2) is 11.5 Å². The van der Waals surface area contributed by atoms with Crippen LogP contribution in [0.25, 0.3) is 0 Å². The third kappa shape index (κ3) is 3.23. The molecule has 0 fully saturated rings. The maximum absolute atomic E-state index is 5.86. The first-order chi connectivity index (χ1) is 12.3. The zero-order chi connectivity index (χ0) is 17.2. The van der Waals surface area contributed by atoms with Crippen LogP contribution < -0.4 is 24.8 Å². The molecule has 1 heterocycles. The molecule has 6 nitrogen and oxygen atoms in total. The van der Waals surface area contributed by atoms with E-state index in [1.807, 2.05) is 38.1 Å². The van der Waals surface area contributed by atoms with E-state index in [4.69, 9.17) is 19.0 Å². The Morgan fingerprint density at radius 3 is 2.80 bits per heavy atom. The standard InChI is InChI=1S/C19H22N2O4/c1-3-22-19-15-10-14(15)6-7-16(19)21(25-4-2)20-11-13-5-8-17-18(9-13)24-12-23-17/h5-9,20H,3-4,10-12H2,1-2H3. The van der Waals surface area contributed by atoms with Gasteiger partial charge in [0.2, 0.25) is 6.79 Å². The van der Waals surface area contributed by atoms with Crippen LogP contribution in [0.15, 0.2) is 30.3 Å². The zero-order valence-corrected chi connectivity index (χ0v) is 14.5. The van der Waals surface area contributed by atoms with Crippen molar-refractivity contribution in [3.63, 3.8) is 0 Å². The third-order valence-corrected chi connectivity index (χ3v) is 4.21. The van der Waals surface area contributed by atoms with E-state index in [0.717, 1.165) is 34.9 Å². The average molecular weight is 342 g/mol. The van der Waals surface area contributed by atoms with Crippen LogP contribution in [0.2, 0.25) is 0 Å². The van der Waals surface area contributed by atoms with Gasteiger partial charge >= 0.3 is 0 Å². The molecule has 4 rings (SSSR count). The number of hydrazine groups is 1. The summed E-state index contributed by atoms with van der Waals surface area (Å²) in [5, 5.41) is 1.70. The topological polar surface area (TPSA) is 52.2 Å². The maximum Gasteiger partial charge on any atom is 0.231 e. The van der Waals surface area contributed by atoms with Gasteiger partial charge in [0.05, 0.1) is 13.2 Å². The van der Waals surface area contributed by atoms with Crippen molar-refractivity contribution >= 4 is 5.69 Å². The fraction of sp³-hybridized carbons (Fsp3) is 0.368. The second-order valence-corrected chi connectivity index (χ2v) is 5.90. The average Bonchev–Trinajstić information content (AvgIpc) is 3.27. The maximum atomic E-state index is 5.86. The van der Waals surface area contributed by atoms with Crippen LogP contribution in [0, 0.1) is 0 Å². The molecule has 0 amide bonds. The highest BCUT2D eigenvalue weighted by molar-refractivity contribution is 5.69. The van der Waals surface area contributed by atoms with Crippen LogP contribution in [0.5, 0.6) is 17.2 Å². The van der Waals surface area contributed by atoms with Crippen LogP contribution >= 0.6 is 0 Å². The molecule has 132 valence electrons. The van der Waals surface area contributed by atoms with Gasteiger partial charge in [-0.05, 0) is 43.2 Å². The molecule has 0 spiro atoms. The van der Waals surface area contributed by atoms with Crippen molar-refractivity contribution in [2.75, 3.05) is 25.2 Å². The molecule has 0 unspecified atom stereocenters. The number of anilines is 1. The minimum Gasteiger partial charge on any atom is -0.491 e. The van der Waals surface area contributed by atoms with E-state index < -0.39 is 0 Å². The van der Waals surface area contributed by atoms with Crippen LogP contribution in [0.3, 0.4) is 0 Å². The van der Waals surface area contributed by atoms with Gasteiger partial charge in [-0.15, -0.1) is 0 Å². The summed E-state index contributed by atoms with van der Waals surface area (Å²) in [6.45, 7) is 6.02. The van der Waals surface area contributed by atoms with E-state index in [1.165, 1.54) is 11.1 Å². The first-order valence-electron chi connectivity index (χ1n) is 8.62. The van der Waals surface area contributed by atoms with Crippen molar-refractivity contribution in [3.05, 3.63) is 47.0 Å². The lowest BCUT2D eigenvalue weighted by molar-refractivity contribution is 0.0897. The number of nitrogens with one attached hydrogen (secondary N) is 1. The van der Waals surface area contributed by atoms with Crippen molar-refractivity contribution < 1.29 is 19.0 Å². The molecular formula is C19H22N2O4. The molecule has 6 heteroatoms. The number of hydrogen-bond donors (Lipinski definition) is 1. The highest BCUT2D eigenvalue weighted by Crippen LogP contribution is 2.43. The quantitative estimate of drug-likeness (QED) is 0.635. The van der Waals surface area contributed by atoms with Gasteiger partial charge in [-0.1, -0.05) is 12.1 Å².